The highest BCUT2D eigenvalue weighted by Gasteiger charge is 2.41. The number of ether oxygens (including phenoxy) is 1. The molecule has 0 radical (unpaired) electrons. The van der Waals surface area contributed by atoms with Gasteiger partial charge in [0.1, 0.15) is 18.1 Å². The van der Waals surface area contributed by atoms with E-state index in [1.807, 2.05) is 38.1 Å². The topological polar surface area (TPSA) is 67.6 Å². The third-order valence-electron chi connectivity index (χ3n) is 6.29. The van der Waals surface area contributed by atoms with E-state index in [-0.39, 0.29) is 23.0 Å². The van der Waals surface area contributed by atoms with E-state index in [4.69, 9.17) is 9.26 Å². The summed E-state index contributed by atoms with van der Waals surface area (Å²) < 4.78 is 11.1. The number of aryl methyl sites for hydroxylation is 2. The van der Waals surface area contributed by atoms with Crippen molar-refractivity contribution in [3.63, 3.8) is 0 Å². The van der Waals surface area contributed by atoms with Crippen molar-refractivity contribution in [2.24, 2.45) is 0 Å². The van der Waals surface area contributed by atoms with Crippen molar-refractivity contribution in [1.82, 2.24) is 15.4 Å². The molecule has 0 unspecified atom stereocenters. The monoisotopic (exact) mass is 441 g/mol. The number of piperidine rings is 1. The molecule has 32 heavy (non-hydrogen) atoms. The molecule has 1 aliphatic rings. The second-order valence-corrected chi connectivity index (χ2v) is 10.4. The Balaban J connectivity index is 1.73. The molecule has 6 heteroatoms. The molecule has 3 rings (SSSR count). The second-order valence-electron chi connectivity index (χ2n) is 10.4. The Morgan fingerprint density at radius 3 is 2.31 bits per heavy atom. The zero-order valence-electron chi connectivity index (χ0n) is 20.7. The molecule has 0 aliphatic carbocycles. The predicted octanol–water partition coefficient (Wildman–Crippen LogP) is 5.42. The lowest BCUT2D eigenvalue weighted by Crippen LogP contribution is -2.62. The Labute approximate surface area is 192 Å². The van der Waals surface area contributed by atoms with Crippen LogP contribution in [0.1, 0.15) is 87.7 Å². The van der Waals surface area contributed by atoms with Crippen LogP contribution >= 0.6 is 0 Å². The summed E-state index contributed by atoms with van der Waals surface area (Å²) in [6.07, 6.45) is 3.97. The number of nitrogens with one attached hydrogen (secondary N) is 1. The molecule has 6 nitrogen and oxygen atoms in total. The van der Waals surface area contributed by atoms with Crippen molar-refractivity contribution in [3.05, 3.63) is 46.8 Å². The van der Waals surface area contributed by atoms with Crippen LogP contribution in [0.15, 0.2) is 28.8 Å². The molecule has 0 bridgehead atoms. The highest BCUT2D eigenvalue weighted by molar-refractivity contribution is 5.94. The van der Waals surface area contributed by atoms with Crippen molar-refractivity contribution in [2.45, 2.75) is 97.9 Å². The highest BCUT2D eigenvalue weighted by atomic mass is 16.5. The number of benzene rings is 1. The quantitative estimate of drug-likeness (QED) is 0.592. The van der Waals surface area contributed by atoms with E-state index >= 15 is 0 Å². The highest BCUT2D eigenvalue weighted by Crippen LogP contribution is 2.32. The summed E-state index contributed by atoms with van der Waals surface area (Å²) in [5.74, 6) is 1.61. The third-order valence-corrected chi connectivity index (χ3v) is 6.29. The van der Waals surface area contributed by atoms with Gasteiger partial charge in [0.2, 0.25) is 0 Å². The Morgan fingerprint density at radius 2 is 1.78 bits per heavy atom. The normalized spacial score (nSPS) is 17.8. The lowest BCUT2D eigenvalue weighted by molar-refractivity contribution is 0.0441. The Kier molecular flexibility index (Phi) is 7.33. The van der Waals surface area contributed by atoms with E-state index in [1.165, 1.54) is 0 Å². The summed E-state index contributed by atoms with van der Waals surface area (Å²) >= 11 is 0. The fourth-order valence-corrected chi connectivity index (χ4v) is 4.99. The summed E-state index contributed by atoms with van der Waals surface area (Å²) in [6.45, 7) is 16.1. The van der Waals surface area contributed by atoms with Crippen LogP contribution in [0.5, 0.6) is 5.75 Å². The van der Waals surface area contributed by atoms with E-state index < -0.39 is 0 Å². The number of rotatable bonds is 8. The van der Waals surface area contributed by atoms with Crippen LogP contribution in [-0.2, 0) is 6.61 Å². The maximum absolute atomic E-state index is 13.6. The zero-order chi connectivity index (χ0) is 23.5. The number of nitrogens with zero attached hydrogens (tertiary/aromatic N) is 2. The molecular formula is C26H39N3O3. The predicted molar refractivity (Wildman–Crippen MR) is 127 cm³/mol. The van der Waals surface area contributed by atoms with Crippen LogP contribution in [0.2, 0.25) is 0 Å². The Hall–Kier alpha value is -2.34. The number of hydrogen-bond acceptors (Lipinski definition) is 5. The van der Waals surface area contributed by atoms with E-state index in [9.17, 15) is 4.79 Å². The largest absolute Gasteiger partial charge is 0.489 e. The third kappa shape index (κ3) is 5.91. The van der Waals surface area contributed by atoms with E-state index in [0.29, 0.717) is 12.2 Å². The number of carbonyl (C=O) groups is 1. The zero-order valence-corrected chi connectivity index (χ0v) is 20.7. The van der Waals surface area contributed by atoms with Crippen LogP contribution < -0.4 is 10.1 Å². The van der Waals surface area contributed by atoms with Gasteiger partial charge in [-0.1, -0.05) is 18.5 Å². The van der Waals surface area contributed by atoms with Crippen LogP contribution in [0.3, 0.4) is 0 Å². The van der Waals surface area contributed by atoms with Crippen molar-refractivity contribution >= 4 is 5.91 Å². The minimum Gasteiger partial charge on any atom is -0.489 e. The first-order valence-electron chi connectivity index (χ1n) is 11.8. The van der Waals surface area contributed by atoms with Crippen LogP contribution in [0, 0.1) is 13.8 Å². The molecule has 1 fully saturated rings. The molecule has 1 aromatic heterocycles. The molecule has 2 heterocycles. The van der Waals surface area contributed by atoms with Gasteiger partial charge in [-0.2, -0.15) is 0 Å². The number of unbranched alkanes of at least 4 members (excludes halogenated alkanes) is 1. The Bertz CT molecular complexity index is 879. The molecule has 1 aliphatic heterocycles. The first kappa shape index (κ1) is 24.3. The summed E-state index contributed by atoms with van der Waals surface area (Å²) in [6, 6.07) is 7.72. The average molecular weight is 442 g/mol. The van der Waals surface area contributed by atoms with E-state index in [0.717, 1.165) is 55.0 Å². The number of hydrogen-bond donors (Lipinski definition) is 1. The molecule has 0 spiro atoms. The van der Waals surface area contributed by atoms with Gasteiger partial charge in [-0.15, -0.1) is 0 Å². The van der Waals surface area contributed by atoms with Crippen molar-refractivity contribution in [1.29, 1.82) is 0 Å². The summed E-state index contributed by atoms with van der Waals surface area (Å²) in [4.78, 5) is 15.7. The lowest BCUT2D eigenvalue weighted by Gasteiger charge is -2.49. The SMILES string of the molecule is CCCCN(C(=O)c1ccc(OCc2c(C)noc2C)cc1)C1CC(C)(C)NC(C)(C)C1. The van der Waals surface area contributed by atoms with E-state index in [1.54, 1.807) is 0 Å². The van der Waals surface area contributed by atoms with Crippen molar-refractivity contribution in [3.8, 4) is 5.75 Å². The van der Waals surface area contributed by atoms with Gasteiger partial charge in [0, 0.05) is 29.2 Å². The van der Waals surface area contributed by atoms with Crippen LogP contribution in [0.25, 0.3) is 0 Å². The summed E-state index contributed by atoms with van der Waals surface area (Å²) in [5, 5.41) is 7.69. The second kappa shape index (κ2) is 9.65. The minimum absolute atomic E-state index is 0.00688. The lowest BCUT2D eigenvalue weighted by atomic mass is 9.78. The number of carbonyl (C=O) groups excluding carboxylic acids is 1. The average Bonchev–Trinajstić information content (AvgIpc) is 3.02. The van der Waals surface area contributed by atoms with E-state index in [2.05, 4.69) is 50.0 Å². The molecule has 2 aromatic rings. The fourth-order valence-electron chi connectivity index (χ4n) is 4.99. The van der Waals surface area contributed by atoms with Gasteiger partial charge < -0.3 is 19.5 Å². The molecule has 1 N–H and O–H groups in total. The summed E-state index contributed by atoms with van der Waals surface area (Å²) in [7, 11) is 0. The van der Waals surface area contributed by atoms with Gasteiger partial charge >= 0.3 is 0 Å². The van der Waals surface area contributed by atoms with Gasteiger partial charge in [-0.05, 0) is 85.1 Å². The smallest absolute Gasteiger partial charge is 0.254 e. The van der Waals surface area contributed by atoms with Crippen molar-refractivity contribution < 1.29 is 14.1 Å². The maximum Gasteiger partial charge on any atom is 0.254 e. The number of aromatic nitrogens is 1. The number of amides is 1. The molecule has 1 saturated heterocycles. The maximum atomic E-state index is 13.6. The van der Waals surface area contributed by atoms with Gasteiger partial charge in [-0.3, -0.25) is 4.79 Å². The standard InChI is InChI=1S/C26H39N3O3/c1-8-9-14-29(21-15-25(4,5)28-26(6,7)16-21)24(30)20-10-12-22(13-11-20)31-17-23-18(2)27-32-19(23)3/h10-13,21,28H,8-9,14-17H2,1-7H3. The molecule has 1 aromatic carbocycles. The molecule has 176 valence electrons. The van der Waals surface area contributed by atoms with Crippen LogP contribution in [-0.4, -0.2) is 39.6 Å². The minimum atomic E-state index is -0.00688. The van der Waals surface area contributed by atoms with Gasteiger partial charge in [0.15, 0.2) is 0 Å². The van der Waals surface area contributed by atoms with Gasteiger partial charge in [-0.25, -0.2) is 0 Å². The summed E-state index contributed by atoms with van der Waals surface area (Å²) in [5.41, 5.74) is 2.50. The fraction of sp³-hybridized carbons (Fsp3) is 0.615. The molecule has 1 amide bonds. The molecular weight excluding hydrogens is 402 g/mol. The van der Waals surface area contributed by atoms with Gasteiger partial charge in [0.05, 0.1) is 11.3 Å². The first-order chi connectivity index (χ1) is 15.0. The van der Waals surface area contributed by atoms with Crippen molar-refractivity contribution in [2.75, 3.05) is 6.54 Å². The molecule has 0 saturated carbocycles. The van der Waals surface area contributed by atoms with Gasteiger partial charge in [0.25, 0.3) is 5.91 Å². The molecule has 0 atom stereocenters. The van der Waals surface area contributed by atoms with Crippen LogP contribution in [0.4, 0.5) is 0 Å². The Morgan fingerprint density at radius 1 is 1.16 bits per heavy atom. The first-order valence-corrected chi connectivity index (χ1v) is 11.8.